The number of fused-ring (bicyclic) bond motifs is 1. The quantitative estimate of drug-likeness (QED) is 0.241. The molecule has 4 aliphatic heterocycles. The number of benzene rings is 2. The second-order valence-electron chi connectivity index (χ2n) is 17.4. The van der Waals surface area contributed by atoms with Crippen LogP contribution in [0.1, 0.15) is 92.5 Å². The fourth-order valence-corrected chi connectivity index (χ4v) is 9.65. The van der Waals surface area contributed by atoms with Gasteiger partial charge in [-0.3, -0.25) is 34.3 Å². The van der Waals surface area contributed by atoms with Gasteiger partial charge >= 0.3 is 6.03 Å². The zero-order valence-corrected chi connectivity index (χ0v) is 35.7. The van der Waals surface area contributed by atoms with Gasteiger partial charge in [-0.1, -0.05) is 11.6 Å². The number of hydrogen-bond acceptors (Lipinski definition) is 11. The second-order valence-corrected chi connectivity index (χ2v) is 17.8. The van der Waals surface area contributed by atoms with E-state index in [0.29, 0.717) is 53.1 Å². The summed E-state index contributed by atoms with van der Waals surface area (Å²) in [6, 6.07) is 15.9. The number of piperidine rings is 2. The molecule has 0 bridgehead atoms. The molecule has 3 aromatic rings. The van der Waals surface area contributed by atoms with Crippen molar-refractivity contribution in [2.24, 2.45) is 5.92 Å². The first kappa shape index (κ1) is 42.0. The predicted octanol–water partition coefficient (Wildman–Crippen LogP) is 5.68. The molecule has 3 atom stereocenters. The Morgan fingerprint density at radius 1 is 0.984 bits per heavy atom. The summed E-state index contributed by atoms with van der Waals surface area (Å²) < 4.78 is 6.30. The number of halogens is 1. The summed E-state index contributed by atoms with van der Waals surface area (Å²) >= 11 is 6.31. The average molecular weight is 850 g/mol. The lowest BCUT2D eigenvalue weighted by Crippen LogP contribution is -2.59. The van der Waals surface area contributed by atoms with Crippen LogP contribution in [0.4, 0.5) is 22.0 Å². The van der Waals surface area contributed by atoms with E-state index in [2.05, 4.69) is 52.2 Å². The normalized spacial score (nSPS) is 24.5. The lowest BCUT2D eigenvalue weighted by molar-refractivity contribution is -0.136. The van der Waals surface area contributed by atoms with Crippen molar-refractivity contribution in [3.63, 3.8) is 0 Å². The van der Waals surface area contributed by atoms with Gasteiger partial charge in [0.25, 0.3) is 11.8 Å². The van der Waals surface area contributed by atoms with Gasteiger partial charge in [0.1, 0.15) is 29.8 Å². The van der Waals surface area contributed by atoms with Gasteiger partial charge < -0.3 is 24.8 Å². The fraction of sp³-hybridized carbons (Fsp3) is 0.489. The number of rotatable bonds is 10. The van der Waals surface area contributed by atoms with Crippen molar-refractivity contribution in [3.05, 3.63) is 76.4 Å². The maximum absolute atomic E-state index is 13.4. The lowest BCUT2D eigenvalue weighted by Gasteiger charge is -2.46. The van der Waals surface area contributed by atoms with Crippen molar-refractivity contribution in [3.8, 4) is 11.8 Å². The third kappa shape index (κ3) is 8.61. The van der Waals surface area contributed by atoms with Crippen molar-refractivity contribution in [2.75, 3.05) is 47.8 Å². The number of imide groups is 2. The van der Waals surface area contributed by atoms with Gasteiger partial charge in [-0.15, -0.1) is 0 Å². The van der Waals surface area contributed by atoms with Crippen LogP contribution in [0, 0.1) is 17.2 Å². The van der Waals surface area contributed by atoms with E-state index >= 15 is 0 Å². The molecular weight excluding hydrogens is 798 g/mol. The number of aromatic nitrogens is 1. The number of anilines is 3. The van der Waals surface area contributed by atoms with E-state index in [0.717, 1.165) is 61.7 Å². The minimum absolute atomic E-state index is 0.0132. The molecule has 5 heterocycles. The largest absolute Gasteiger partial charge is 0.490 e. The highest BCUT2D eigenvalue weighted by molar-refractivity contribution is 6.32. The summed E-state index contributed by atoms with van der Waals surface area (Å²) in [5.41, 5.74) is 2.48. The molecule has 0 radical (unpaired) electrons. The van der Waals surface area contributed by atoms with E-state index in [1.165, 1.54) is 0 Å². The number of nitrogens with one attached hydrogen (secondary N) is 2. The van der Waals surface area contributed by atoms with Crippen LogP contribution in [0.5, 0.6) is 5.75 Å². The van der Waals surface area contributed by atoms with Crippen molar-refractivity contribution in [1.82, 2.24) is 25.0 Å². The number of urea groups is 1. The second kappa shape index (κ2) is 17.3. The summed E-state index contributed by atoms with van der Waals surface area (Å²) in [6.45, 7) is 12.5. The molecule has 16 heteroatoms. The van der Waals surface area contributed by atoms with Crippen LogP contribution >= 0.6 is 11.6 Å². The summed E-state index contributed by atoms with van der Waals surface area (Å²) in [5.74, 6) is -0.143. The van der Waals surface area contributed by atoms with Crippen LogP contribution in [0.25, 0.3) is 0 Å². The number of piperazine rings is 1. The van der Waals surface area contributed by atoms with Crippen LogP contribution < -0.4 is 25.2 Å². The van der Waals surface area contributed by atoms with E-state index in [1.807, 2.05) is 36.1 Å². The fourth-order valence-electron chi connectivity index (χ4n) is 9.43. The third-order valence-electron chi connectivity index (χ3n) is 13.0. The van der Waals surface area contributed by atoms with Crippen LogP contribution in [-0.2, 0) is 9.59 Å². The van der Waals surface area contributed by atoms with Gasteiger partial charge in [-0.2, -0.15) is 5.26 Å². The minimum Gasteiger partial charge on any atom is -0.490 e. The van der Waals surface area contributed by atoms with E-state index in [1.54, 1.807) is 30.5 Å². The molecule has 1 aromatic heterocycles. The standard InChI is InChI=1S/C45H52ClN9O6/c1-26(2)52(33-17-35(18-33)61-34-8-9-36-37(20-34)44(59)55(43(36)58)39-10-12-41(56)50-42(39)57)25-29-13-15-51(16-14-29)40-11-6-31(22-48-40)49-45(60)54-24-27(3)53(23-28(54)4)32-7-5-30(21-47)38(46)19-32/h5-9,11,19-20,22,26-29,33,35,39H,10,12-18,23-25H2,1-4H3,(H,49,60)(H,50,56,57)/t27-,28+,33-,35-,39?/m0/s1. The number of pyridine rings is 1. The Morgan fingerprint density at radius 2 is 1.74 bits per heavy atom. The first-order valence-electron chi connectivity index (χ1n) is 21.3. The highest BCUT2D eigenvalue weighted by atomic mass is 35.5. The van der Waals surface area contributed by atoms with Gasteiger partial charge in [-0.25, -0.2) is 9.78 Å². The topological polar surface area (TPSA) is 172 Å². The smallest absolute Gasteiger partial charge is 0.322 e. The van der Waals surface area contributed by atoms with E-state index in [9.17, 15) is 29.2 Å². The van der Waals surface area contributed by atoms with E-state index in [4.69, 9.17) is 21.3 Å². The Kier molecular flexibility index (Phi) is 11.9. The monoisotopic (exact) mass is 849 g/mol. The molecule has 1 aliphatic carbocycles. The number of carbonyl (C=O) groups is 5. The Balaban J connectivity index is 0.784. The van der Waals surface area contributed by atoms with Crippen molar-refractivity contribution in [1.29, 1.82) is 5.26 Å². The molecule has 2 aromatic carbocycles. The highest BCUT2D eigenvalue weighted by Gasteiger charge is 2.45. The number of nitrogens with zero attached hydrogens (tertiary/aromatic N) is 7. The molecule has 0 spiro atoms. The molecular formula is C45H52ClN9O6. The number of nitriles is 1. The molecule has 1 saturated carbocycles. The van der Waals surface area contributed by atoms with E-state index < -0.39 is 29.7 Å². The molecule has 3 saturated heterocycles. The molecule has 61 heavy (non-hydrogen) atoms. The van der Waals surface area contributed by atoms with Gasteiger partial charge in [0.15, 0.2) is 0 Å². The first-order chi connectivity index (χ1) is 29.3. The van der Waals surface area contributed by atoms with Crippen LogP contribution in [0.3, 0.4) is 0 Å². The molecule has 8 rings (SSSR count). The molecule has 320 valence electrons. The molecule has 5 aliphatic rings. The van der Waals surface area contributed by atoms with Crippen LogP contribution in [-0.4, -0.2) is 118 Å². The predicted molar refractivity (Wildman–Crippen MR) is 230 cm³/mol. The molecule has 6 amide bonds. The minimum atomic E-state index is -1.00. The Labute approximate surface area is 360 Å². The third-order valence-corrected chi connectivity index (χ3v) is 13.3. The maximum Gasteiger partial charge on any atom is 0.322 e. The number of hydrogen-bond donors (Lipinski definition) is 2. The average Bonchev–Trinajstić information content (AvgIpc) is 3.47. The lowest BCUT2D eigenvalue weighted by atomic mass is 9.85. The van der Waals surface area contributed by atoms with Crippen molar-refractivity contribution in [2.45, 2.75) is 103 Å². The molecule has 4 fully saturated rings. The number of ether oxygens (including phenoxy) is 1. The zero-order chi connectivity index (χ0) is 43.1. The Morgan fingerprint density at radius 3 is 2.41 bits per heavy atom. The molecule has 2 N–H and O–H groups in total. The van der Waals surface area contributed by atoms with Crippen LogP contribution in [0.2, 0.25) is 5.02 Å². The van der Waals surface area contributed by atoms with Gasteiger partial charge in [0.2, 0.25) is 11.8 Å². The Hall–Kier alpha value is -5.72. The molecule has 15 nitrogen and oxygen atoms in total. The number of carbonyl (C=O) groups excluding carboxylic acids is 5. The van der Waals surface area contributed by atoms with Gasteiger partial charge in [-0.05, 0) is 101 Å². The van der Waals surface area contributed by atoms with Crippen molar-refractivity contribution < 1.29 is 28.7 Å². The highest BCUT2D eigenvalue weighted by Crippen LogP contribution is 2.36. The Bertz CT molecular complexity index is 2250. The zero-order valence-electron chi connectivity index (χ0n) is 35.0. The van der Waals surface area contributed by atoms with E-state index in [-0.39, 0.29) is 48.2 Å². The summed E-state index contributed by atoms with van der Waals surface area (Å²) in [4.78, 5) is 78.5. The van der Waals surface area contributed by atoms with Crippen molar-refractivity contribution >= 4 is 58.5 Å². The first-order valence-corrected chi connectivity index (χ1v) is 21.7. The maximum atomic E-state index is 13.4. The van der Waals surface area contributed by atoms with Gasteiger partial charge in [0.05, 0.1) is 33.6 Å². The molecule has 1 unspecified atom stereocenters. The summed E-state index contributed by atoms with van der Waals surface area (Å²) in [6.07, 6.45) is 5.72. The SMILES string of the molecule is CC(C)N(CC1CCN(c2ccc(NC(=O)N3C[C@H](C)N(c4ccc(C#N)c(Cl)c4)C[C@H]3C)cn2)CC1)[C@H]1C[C@H](Oc2ccc3c(c2)C(=O)N(C2CCC(=O)NC2=O)C3=O)C1. The summed E-state index contributed by atoms with van der Waals surface area (Å²) in [5, 5.41) is 14.9. The van der Waals surface area contributed by atoms with Crippen LogP contribution in [0.15, 0.2) is 54.7 Å². The number of amides is 6. The van der Waals surface area contributed by atoms with Gasteiger partial charge in [0, 0.05) is 81.8 Å². The summed E-state index contributed by atoms with van der Waals surface area (Å²) in [7, 11) is 0.